The minimum atomic E-state index is 0.394. The Morgan fingerprint density at radius 2 is 2.19 bits per heavy atom. The molecule has 0 saturated heterocycles. The number of pyridine rings is 1. The highest BCUT2D eigenvalue weighted by atomic mass is 14.9. The van der Waals surface area contributed by atoms with E-state index in [-0.39, 0.29) is 0 Å². The Kier molecular flexibility index (Phi) is 3.52. The summed E-state index contributed by atoms with van der Waals surface area (Å²) in [6.45, 7) is 5.46. The van der Waals surface area contributed by atoms with E-state index in [4.69, 9.17) is 0 Å². The largest absolute Gasteiger partial charge is 0.310 e. The van der Waals surface area contributed by atoms with Crippen LogP contribution in [0.1, 0.15) is 31.9 Å². The average Bonchev–Trinajstić information content (AvgIpc) is 2.35. The molecule has 0 spiro atoms. The third-order valence-electron chi connectivity index (χ3n) is 2.88. The van der Waals surface area contributed by atoms with Crippen LogP contribution in [0.3, 0.4) is 0 Å². The molecular weight excluding hydrogens is 196 g/mol. The van der Waals surface area contributed by atoms with E-state index in [9.17, 15) is 0 Å². The fourth-order valence-corrected chi connectivity index (χ4v) is 2.00. The summed E-state index contributed by atoms with van der Waals surface area (Å²) in [6.07, 6.45) is 4.94. The smallest absolute Gasteiger partial charge is 0.0346 e. The first-order chi connectivity index (χ1) is 7.83. The third kappa shape index (κ3) is 2.22. The molecule has 1 aromatic heterocycles. The zero-order valence-corrected chi connectivity index (χ0v) is 9.90. The van der Waals surface area contributed by atoms with Crippen molar-refractivity contribution in [3.05, 3.63) is 42.2 Å². The van der Waals surface area contributed by atoms with Crippen molar-refractivity contribution in [2.24, 2.45) is 0 Å². The van der Waals surface area contributed by atoms with E-state index < -0.39 is 0 Å². The van der Waals surface area contributed by atoms with Gasteiger partial charge in [-0.25, -0.2) is 0 Å². The predicted molar refractivity (Wildman–Crippen MR) is 68.5 cm³/mol. The van der Waals surface area contributed by atoms with Gasteiger partial charge < -0.3 is 5.32 Å². The summed E-state index contributed by atoms with van der Waals surface area (Å²) < 4.78 is 0. The van der Waals surface area contributed by atoms with Crippen molar-refractivity contribution in [2.45, 2.75) is 26.3 Å². The van der Waals surface area contributed by atoms with Crippen molar-refractivity contribution in [1.29, 1.82) is 0 Å². The van der Waals surface area contributed by atoms with Crippen molar-refractivity contribution in [1.82, 2.24) is 10.3 Å². The number of nitrogens with one attached hydrogen (secondary N) is 1. The zero-order valence-electron chi connectivity index (χ0n) is 9.90. The second-order valence-corrected chi connectivity index (χ2v) is 4.12. The van der Waals surface area contributed by atoms with Gasteiger partial charge >= 0.3 is 0 Å². The number of aromatic nitrogens is 1. The number of benzene rings is 1. The van der Waals surface area contributed by atoms with Crippen molar-refractivity contribution in [3.63, 3.8) is 0 Å². The summed E-state index contributed by atoms with van der Waals surface area (Å²) in [7, 11) is 0. The van der Waals surface area contributed by atoms with Crippen LogP contribution in [-0.2, 0) is 0 Å². The number of rotatable bonds is 4. The maximum atomic E-state index is 4.16. The van der Waals surface area contributed by atoms with E-state index in [0.29, 0.717) is 6.04 Å². The van der Waals surface area contributed by atoms with Gasteiger partial charge in [0.15, 0.2) is 0 Å². The van der Waals surface area contributed by atoms with Gasteiger partial charge in [-0.3, -0.25) is 4.98 Å². The lowest BCUT2D eigenvalue weighted by Gasteiger charge is -2.15. The molecule has 2 aromatic rings. The molecular formula is C14H18N2. The van der Waals surface area contributed by atoms with Crippen LogP contribution in [0.4, 0.5) is 0 Å². The fourth-order valence-electron chi connectivity index (χ4n) is 2.00. The Balaban J connectivity index is 2.36. The van der Waals surface area contributed by atoms with E-state index in [1.807, 2.05) is 12.4 Å². The molecule has 16 heavy (non-hydrogen) atoms. The molecule has 1 unspecified atom stereocenters. The summed E-state index contributed by atoms with van der Waals surface area (Å²) in [5.74, 6) is 0. The molecule has 0 aliphatic rings. The maximum Gasteiger partial charge on any atom is 0.0346 e. The Morgan fingerprint density at radius 3 is 3.00 bits per heavy atom. The maximum absolute atomic E-state index is 4.16. The Hall–Kier alpha value is -1.41. The molecule has 1 heterocycles. The average molecular weight is 214 g/mol. The van der Waals surface area contributed by atoms with Crippen LogP contribution in [-0.4, -0.2) is 11.5 Å². The van der Waals surface area contributed by atoms with Crippen molar-refractivity contribution in [2.75, 3.05) is 6.54 Å². The second-order valence-electron chi connectivity index (χ2n) is 4.12. The van der Waals surface area contributed by atoms with Crippen LogP contribution in [0, 0.1) is 0 Å². The van der Waals surface area contributed by atoms with Crippen LogP contribution in [0.25, 0.3) is 10.8 Å². The quantitative estimate of drug-likeness (QED) is 0.844. The normalized spacial score (nSPS) is 12.9. The molecule has 84 valence electrons. The lowest BCUT2D eigenvalue weighted by atomic mass is 10.0. The van der Waals surface area contributed by atoms with Gasteiger partial charge in [0.05, 0.1) is 0 Å². The molecule has 0 saturated carbocycles. The highest BCUT2D eigenvalue weighted by Crippen LogP contribution is 2.23. The standard InChI is InChI=1S/C14H18N2/c1-3-8-16-11(2)13-6-4-5-12-10-15-9-7-14(12)13/h4-7,9-11,16H,3,8H2,1-2H3. The molecule has 0 fully saturated rings. The van der Waals surface area contributed by atoms with Crippen LogP contribution >= 0.6 is 0 Å². The topological polar surface area (TPSA) is 24.9 Å². The molecule has 0 aliphatic heterocycles. The van der Waals surface area contributed by atoms with Gasteiger partial charge in [0.1, 0.15) is 0 Å². The van der Waals surface area contributed by atoms with Gasteiger partial charge in [-0.15, -0.1) is 0 Å². The van der Waals surface area contributed by atoms with E-state index in [1.165, 1.54) is 16.3 Å². The van der Waals surface area contributed by atoms with Crippen LogP contribution in [0.5, 0.6) is 0 Å². The van der Waals surface area contributed by atoms with E-state index >= 15 is 0 Å². The molecule has 1 atom stereocenters. The van der Waals surface area contributed by atoms with Gasteiger partial charge in [0.2, 0.25) is 0 Å². The highest BCUT2D eigenvalue weighted by Gasteiger charge is 2.07. The Morgan fingerprint density at radius 1 is 1.31 bits per heavy atom. The van der Waals surface area contributed by atoms with Gasteiger partial charge in [-0.05, 0) is 36.9 Å². The van der Waals surface area contributed by atoms with E-state index in [0.717, 1.165) is 13.0 Å². The first-order valence-corrected chi connectivity index (χ1v) is 5.89. The number of fused-ring (bicyclic) bond motifs is 1. The Bertz CT molecular complexity index is 460. The van der Waals surface area contributed by atoms with Crippen LogP contribution in [0.15, 0.2) is 36.7 Å². The van der Waals surface area contributed by atoms with Gasteiger partial charge in [-0.1, -0.05) is 25.1 Å². The molecule has 1 N–H and O–H groups in total. The monoisotopic (exact) mass is 214 g/mol. The lowest BCUT2D eigenvalue weighted by molar-refractivity contribution is 0.574. The molecule has 0 aliphatic carbocycles. The molecule has 0 amide bonds. The van der Waals surface area contributed by atoms with Gasteiger partial charge in [-0.2, -0.15) is 0 Å². The second kappa shape index (κ2) is 5.08. The van der Waals surface area contributed by atoms with E-state index in [1.54, 1.807) is 0 Å². The SMILES string of the molecule is CCCNC(C)c1cccc2cnccc12. The van der Waals surface area contributed by atoms with E-state index in [2.05, 4.69) is 48.4 Å². The minimum Gasteiger partial charge on any atom is -0.310 e. The first-order valence-electron chi connectivity index (χ1n) is 5.89. The summed E-state index contributed by atoms with van der Waals surface area (Å²) in [4.78, 5) is 4.16. The molecule has 1 aromatic carbocycles. The highest BCUT2D eigenvalue weighted by molar-refractivity contribution is 5.85. The summed E-state index contributed by atoms with van der Waals surface area (Å²) in [6, 6.07) is 8.89. The zero-order chi connectivity index (χ0) is 11.4. The summed E-state index contributed by atoms with van der Waals surface area (Å²) >= 11 is 0. The lowest BCUT2D eigenvalue weighted by Crippen LogP contribution is -2.19. The van der Waals surface area contributed by atoms with Crippen LogP contribution in [0.2, 0.25) is 0 Å². The molecule has 2 heteroatoms. The summed E-state index contributed by atoms with van der Waals surface area (Å²) in [5, 5.41) is 6.03. The van der Waals surface area contributed by atoms with Crippen molar-refractivity contribution in [3.8, 4) is 0 Å². The minimum absolute atomic E-state index is 0.394. The molecule has 0 radical (unpaired) electrons. The third-order valence-corrected chi connectivity index (χ3v) is 2.88. The van der Waals surface area contributed by atoms with Crippen molar-refractivity contribution >= 4 is 10.8 Å². The molecule has 2 rings (SSSR count). The first kappa shape index (κ1) is 11.1. The van der Waals surface area contributed by atoms with Crippen LogP contribution < -0.4 is 5.32 Å². The number of hydrogen-bond acceptors (Lipinski definition) is 2. The predicted octanol–water partition coefficient (Wildman–Crippen LogP) is 3.30. The Labute approximate surface area is 96.7 Å². The van der Waals surface area contributed by atoms with Gasteiger partial charge in [0.25, 0.3) is 0 Å². The number of hydrogen-bond donors (Lipinski definition) is 1. The van der Waals surface area contributed by atoms with Crippen molar-refractivity contribution < 1.29 is 0 Å². The number of nitrogens with zero attached hydrogens (tertiary/aromatic N) is 1. The fraction of sp³-hybridized carbons (Fsp3) is 0.357. The molecule has 0 bridgehead atoms. The van der Waals surface area contributed by atoms with Gasteiger partial charge in [0, 0.05) is 23.8 Å². The molecule has 2 nitrogen and oxygen atoms in total. The summed E-state index contributed by atoms with van der Waals surface area (Å²) in [5.41, 5.74) is 1.35.